The number of carbonyl (C=O) groups is 2. The Balaban J connectivity index is 1.43. The lowest BCUT2D eigenvalue weighted by Crippen LogP contribution is -1.89. The number of hydrogen-bond acceptors (Lipinski definition) is 4. The predicted octanol–water partition coefficient (Wildman–Crippen LogP) is 13.1. The first kappa shape index (κ1) is 33.5. The van der Waals surface area contributed by atoms with Crippen LogP contribution < -0.4 is 0 Å². The summed E-state index contributed by atoms with van der Waals surface area (Å²) < 4.78 is 13.6. The molecular weight excluding hydrogens is 592 g/mol. The summed E-state index contributed by atoms with van der Waals surface area (Å²) in [7, 11) is 0. The van der Waals surface area contributed by atoms with E-state index in [1.807, 2.05) is 48.5 Å². The van der Waals surface area contributed by atoms with Crippen LogP contribution in [0.15, 0.2) is 81.6 Å². The molecule has 2 aromatic heterocycles. The highest BCUT2D eigenvalue weighted by Crippen LogP contribution is 2.44. The predicted molar refractivity (Wildman–Crippen MR) is 199 cm³/mol. The van der Waals surface area contributed by atoms with Crippen LogP contribution in [-0.4, -0.2) is 12.6 Å². The largest absolute Gasteiger partial charge is 0.460 e. The first-order valence-electron chi connectivity index (χ1n) is 18.2. The van der Waals surface area contributed by atoms with Crippen molar-refractivity contribution >= 4 is 45.3 Å². The van der Waals surface area contributed by atoms with Crippen LogP contribution >= 0.6 is 0 Å². The number of fused-ring (bicyclic) bond motifs is 5. The Morgan fingerprint density at radius 1 is 0.438 bits per heavy atom. The Kier molecular flexibility index (Phi) is 11.2. The molecule has 0 aliphatic heterocycles. The van der Waals surface area contributed by atoms with Crippen molar-refractivity contribution < 1.29 is 18.4 Å². The minimum atomic E-state index is 0.669. The Hall–Kier alpha value is -4.44. The van der Waals surface area contributed by atoms with Crippen molar-refractivity contribution in [1.82, 2.24) is 0 Å². The van der Waals surface area contributed by atoms with Gasteiger partial charge in [-0.05, 0) is 48.2 Å². The van der Waals surface area contributed by atoms with Gasteiger partial charge in [-0.2, -0.15) is 0 Å². The van der Waals surface area contributed by atoms with Crippen LogP contribution in [0.25, 0.3) is 55.0 Å². The third-order valence-corrected chi connectivity index (χ3v) is 9.83. The van der Waals surface area contributed by atoms with E-state index in [1.54, 1.807) is 0 Å². The summed E-state index contributed by atoms with van der Waals surface area (Å²) >= 11 is 0. The van der Waals surface area contributed by atoms with Crippen LogP contribution in [0.2, 0.25) is 0 Å². The van der Waals surface area contributed by atoms with Crippen LogP contribution in [0.3, 0.4) is 0 Å². The number of furan rings is 2. The van der Waals surface area contributed by atoms with E-state index in [1.165, 1.54) is 64.2 Å². The molecule has 0 aliphatic carbocycles. The van der Waals surface area contributed by atoms with Gasteiger partial charge < -0.3 is 8.83 Å². The standard InChI is InChI=1S/C44H48O4/c1-3-5-7-9-11-13-15-39-41(33-21-17-31(29-45)18-22-33)37-27-25-36-35(43(37)47-39)26-28-38-42(34-23-19-32(30-46)20-24-34)40(48-44(36)38)16-14-12-10-8-6-4-2/h17-30H,3-16H2,1-2H3. The molecule has 2 heterocycles. The summed E-state index contributed by atoms with van der Waals surface area (Å²) in [6.45, 7) is 4.50. The van der Waals surface area contributed by atoms with Gasteiger partial charge >= 0.3 is 0 Å². The maximum absolute atomic E-state index is 11.4. The van der Waals surface area contributed by atoms with Crippen molar-refractivity contribution in [3.05, 3.63) is 95.4 Å². The van der Waals surface area contributed by atoms with Crippen LogP contribution in [0.4, 0.5) is 0 Å². The Morgan fingerprint density at radius 3 is 1.17 bits per heavy atom. The van der Waals surface area contributed by atoms with Crippen LogP contribution in [0.5, 0.6) is 0 Å². The molecule has 0 fully saturated rings. The van der Waals surface area contributed by atoms with Crippen LogP contribution in [0.1, 0.15) is 123 Å². The lowest BCUT2D eigenvalue weighted by molar-refractivity contribution is 0.111. The highest BCUT2D eigenvalue weighted by atomic mass is 16.3. The molecule has 4 nitrogen and oxygen atoms in total. The lowest BCUT2D eigenvalue weighted by atomic mass is 9.95. The van der Waals surface area contributed by atoms with E-state index < -0.39 is 0 Å². The molecular formula is C44H48O4. The van der Waals surface area contributed by atoms with Gasteiger partial charge in [-0.15, -0.1) is 0 Å². The summed E-state index contributed by atoms with van der Waals surface area (Å²) in [4.78, 5) is 22.8. The third kappa shape index (κ3) is 7.18. The summed E-state index contributed by atoms with van der Waals surface area (Å²) in [5, 5.41) is 4.26. The van der Waals surface area contributed by atoms with Gasteiger partial charge in [-0.3, -0.25) is 9.59 Å². The molecule has 0 aliphatic rings. The number of aryl methyl sites for hydroxylation is 2. The monoisotopic (exact) mass is 640 g/mol. The molecule has 6 aromatic rings. The van der Waals surface area contributed by atoms with E-state index in [0.717, 1.165) is 105 Å². The second-order valence-corrected chi connectivity index (χ2v) is 13.3. The minimum absolute atomic E-state index is 0.669. The second kappa shape index (κ2) is 16.1. The maximum Gasteiger partial charge on any atom is 0.150 e. The highest BCUT2D eigenvalue weighted by molar-refractivity contribution is 6.18. The van der Waals surface area contributed by atoms with Crippen molar-refractivity contribution in [2.45, 2.75) is 104 Å². The number of carbonyl (C=O) groups excluding carboxylic acids is 2. The molecule has 4 heteroatoms. The topological polar surface area (TPSA) is 60.4 Å². The summed E-state index contributed by atoms with van der Waals surface area (Å²) in [6, 6.07) is 24.4. The van der Waals surface area contributed by atoms with Gasteiger partial charge in [0.25, 0.3) is 0 Å². The molecule has 6 rings (SSSR count). The van der Waals surface area contributed by atoms with Gasteiger partial charge in [-0.25, -0.2) is 0 Å². The maximum atomic E-state index is 11.4. The number of hydrogen-bond donors (Lipinski definition) is 0. The van der Waals surface area contributed by atoms with Crippen LogP contribution in [0, 0.1) is 0 Å². The minimum Gasteiger partial charge on any atom is -0.460 e. The van der Waals surface area contributed by atoms with Crippen molar-refractivity contribution in [3.63, 3.8) is 0 Å². The zero-order chi connectivity index (χ0) is 33.3. The summed E-state index contributed by atoms with van der Waals surface area (Å²) in [5.74, 6) is 2.01. The number of benzene rings is 4. The van der Waals surface area contributed by atoms with E-state index in [-0.39, 0.29) is 0 Å². The summed E-state index contributed by atoms with van der Waals surface area (Å²) in [6.07, 6.45) is 18.2. The van der Waals surface area contributed by atoms with Gasteiger partial charge in [0.05, 0.1) is 0 Å². The lowest BCUT2D eigenvalue weighted by Gasteiger charge is -2.05. The van der Waals surface area contributed by atoms with Gasteiger partial charge in [-0.1, -0.05) is 127 Å². The smallest absolute Gasteiger partial charge is 0.150 e. The van der Waals surface area contributed by atoms with E-state index in [0.29, 0.717) is 11.1 Å². The van der Waals surface area contributed by atoms with Crippen molar-refractivity contribution in [1.29, 1.82) is 0 Å². The zero-order valence-electron chi connectivity index (χ0n) is 28.6. The van der Waals surface area contributed by atoms with Gasteiger partial charge in [0.15, 0.2) is 0 Å². The summed E-state index contributed by atoms with van der Waals surface area (Å²) in [5.41, 5.74) is 7.49. The number of aldehydes is 2. The van der Waals surface area contributed by atoms with E-state index in [9.17, 15) is 9.59 Å². The second-order valence-electron chi connectivity index (χ2n) is 13.3. The molecule has 0 saturated carbocycles. The molecule has 0 bridgehead atoms. The normalized spacial score (nSPS) is 11.6. The number of unbranched alkanes of at least 4 members (excludes halogenated alkanes) is 10. The van der Waals surface area contributed by atoms with Crippen LogP contribution in [-0.2, 0) is 12.8 Å². The molecule has 4 aromatic carbocycles. The molecule has 0 saturated heterocycles. The fraction of sp³-hybridized carbons (Fsp3) is 0.364. The Morgan fingerprint density at radius 2 is 0.792 bits per heavy atom. The molecule has 48 heavy (non-hydrogen) atoms. The zero-order valence-corrected chi connectivity index (χ0v) is 28.6. The molecule has 0 spiro atoms. The Bertz CT molecular complexity index is 1830. The van der Waals surface area contributed by atoms with Gasteiger partial charge in [0, 0.05) is 56.6 Å². The van der Waals surface area contributed by atoms with Gasteiger partial charge in [0.1, 0.15) is 35.3 Å². The molecule has 248 valence electrons. The first-order valence-corrected chi connectivity index (χ1v) is 18.2. The average Bonchev–Trinajstić information content (AvgIpc) is 3.69. The average molecular weight is 641 g/mol. The van der Waals surface area contributed by atoms with E-state index in [2.05, 4.69) is 38.1 Å². The highest BCUT2D eigenvalue weighted by Gasteiger charge is 2.22. The van der Waals surface area contributed by atoms with Gasteiger partial charge in [0.2, 0.25) is 0 Å². The van der Waals surface area contributed by atoms with Crippen molar-refractivity contribution in [3.8, 4) is 22.3 Å². The van der Waals surface area contributed by atoms with Crippen molar-refractivity contribution in [2.24, 2.45) is 0 Å². The number of rotatable bonds is 18. The fourth-order valence-corrected chi connectivity index (χ4v) is 7.19. The third-order valence-electron chi connectivity index (χ3n) is 9.83. The molecule has 0 atom stereocenters. The van der Waals surface area contributed by atoms with Crippen molar-refractivity contribution in [2.75, 3.05) is 0 Å². The molecule has 0 radical (unpaired) electrons. The molecule has 0 amide bonds. The quantitative estimate of drug-likeness (QED) is 0.0693. The SMILES string of the molecule is CCCCCCCCc1oc2c(ccc3c2ccc2c(-c4ccc(C=O)cc4)c(CCCCCCCC)oc23)c1-c1ccc(C=O)cc1. The molecule has 0 N–H and O–H groups in total. The van der Waals surface area contributed by atoms with E-state index in [4.69, 9.17) is 8.83 Å². The fourth-order valence-electron chi connectivity index (χ4n) is 7.19. The molecule has 0 unspecified atom stereocenters. The first-order chi connectivity index (χ1) is 23.7. The van der Waals surface area contributed by atoms with E-state index >= 15 is 0 Å². The Labute approximate surface area is 284 Å².